The summed E-state index contributed by atoms with van der Waals surface area (Å²) in [6, 6.07) is 10.0. The molecule has 0 aliphatic rings. The minimum atomic E-state index is -0.389. The van der Waals surface area contributed by atoms with Crippen molar-refractivity contribution < 1.29 is 9.53 Å². The summed E-state index contributed by atoms with van der Waals surface area (Å²) in [4.78, 5) is 19.2. The fourth-order valence-corrected chi connectivity index (χ4v) is 2.25. The molecular weight excluding hydrogens is 304 g/mol. The van der Waals surface area contributed by atoms with Crippen LogP contribution in [0.5, 0.6) is 5.75 Å². The lowest BCUT2D eigenvalue weighted by atomic mass is 10.2. The van der Waals surface area contributed by atoms with Crippen LogP contribution in [0.4, 0.5) is 16.2 Å². The van der Waals surface area contributed by atoms with Crippen LogP contribution in [-0.2, 0) is 0 Å². The lowest BCUT2D eigenvalue weighted by Crippen LogP contribution is -2.19. The normalized spacial score (nSPS) is 10.5. The Labute approximate surface area is 131 Å². The zero-order valence-corrected chi connectivity index (χ0v) is 12.4. The number of carbonyl (C=O) groups excluding carboxylic acids is 1. The first kappa shape index (κ1) is 14.2. The predicted molar refractivity (Wildman–Crippen MR) is 86.7 cm³/mol. The van der Waals surface area contributed by atoms with E-state index in [9.17, 15) is 4.79 Å². The average Bonchev–Trinajstić information content (AvgIpc) is 2.95. The van der Waals surface area contributed by atoms with E-state index in [2.05, 4.69) is 20.6 Å². The molecule has 1 heterocycles. The molecule has 6 nitrogen and oxygen atoms in total. The number of anilines is 2. The number of aromatic amines is 1. The lowest BCUT2D eigenvalue weighted by molar-refractivity contribution is 0.262. The van der Waals surface area contributed by atoms with E-state index in [1.165, 1.54) is 7.11 Å². The van der Waals surface area contributed by atoms with Crippen molar-refractivity contribution in [2.75, 3.05) is 17.7 Å². The van der Waals surface area contributed by atoms with Gasteiger partial charge in [-0.15, -0.1) is 0 Å². The van der Waals surface area contributed by atoms with Crippen LogP contribution in [0, 0.1) is 0 Å². The lowest BCUT2D eigenvalue weighted by Gasteiger charge is -2.11. The number of benzene rings is 2. The molecule has 22 heavy (non-hydrogen) atoms. The van der Waals surface area contributed by atoms with E-state index in [0.29, 0.717) is 22.1 Å². The van der Waals surface area contributed by atoms with E-state index in [1.54, 1.807) is 36.7 Å². The zero-order chi connectivity index (χ0) is 15.5. The Kier molecular flexibility index (Phi) is 3.84. The summed E-state index contributed by atoms with van der Waals surface area (Å²) in [5.74, 6) is 0.531. The highest BCUT2D eigenvalue weighted by Crippen LogP contribution is 2.27. The highest BCUT2D eigenvalue weighted by Gasteiger charge is 2.09. The molecule has 3 N–H and O–H groups in total. The maximum Gasteiger partial charge on any atom is 0.323 e. The van der Waals surface area contributed by atoms with E-state index >= 15 is 0 Å². The monoisotopic (exact) mass is 316 g/mol. The molecular formula is C15H13ClN4O2. The maximum absolute atomic E-state index is 12.1. The van der Waals surface area contributed by atoms with Crippen LogP contribution < -0.4 is 15.4 Å². The van der Waals surface area contributed by atoms with Crippen LogP contribution in [0.2, 0.25) is 5.02 Å². The maximum atomic E-state index is 12.1. The van der Waals surface area contributed by atoms with Gasteiger partial charge < -0.3 is 20.4 Å². The highest BCUT2D eigenvalue weighted by atomic mass is 35.5. The molecule has 1 aromatic heterocycles. The van der Waals surface area contributed by atoms with Crippen LogP contribution >= 0.6 is 11.6 Å². The fraction of sp³-hybridized carbons (Fsp3) is 0.0667. The summed E-state index contributed by atoms with van der Waals surface area (Å²) >= 11 is 5.93. The van der Waals surface area contributed by atoms with Crippen LogP contribution in [-0.4, -0.2) is 23.1 Å². The van der Waals surface area contributed by atoms with Crippen LogP contribution in [0.15, 0.2) is 42.7 Å². The smallest absolute Gasteiger partial charge is 0.323 e. The van der Waals surface area contributed by atoms with Gasteiger partial charge in [0.15, 0.2) is 0 Å². The second-order valence-electron chi connectivity index (χ2n) is 4.56. The molecule has 0 saturated carbocycles. The molecule has 2 aromatic carbocycles. The summed E-state index contributed by atoms with van der Waals surface area (Å²) < 4.78 is 5.18. The molecule has 0 fully saturated rings. The predicted octanol–water partition coefficient (Wildman–Crippen LogP) is 3.87. The van der Waals surface area contributed by atoms with Crippen LogP contribution in [0.3, 0.4) is 0 Å². The summed E-state index contributed by atoms with van der Waals surface area (Å²) in [5.41, 5.74) is 2.82. The van der Waals surface area contributed by atoms with Crippen molar-refractivity contribution in [2.45, 2.75) is 0 Å². The minimum Gasteiger partial charge on any atom is -0.495 e. The summed E-state index contributed by atoms with van der Waals surface area (Å²) in [6.07, 6.45) is 1.60. The van der Waals surface area contributed by atoms with E-state index in [-0.39, 0.29) is 6.03 Å². The Hall–Kier alpha value is -2.73. The van der Waals surface area contributed by atoms with Gasteiger partial charge in [-0.3, -0.25) is 0 Å². The minimum absolute atomic E-state index is 0.389. The number of fused-ring (bicyclic) bond motifs is 1. The largest absolute Gasteiger partial charge is 0.495 e. The number of urea groups is 1. The van der Waals surface area contributed by atoms with Gasteiger partial charge in [-0.1, -0.05) is 11.6 Å². The molecule has 3 rings (SSSR count). The van der Waals surface area contributed by atoms with Gasteiger partial charge in [-0.2, -0.15) is 0 Å². The molecule has 2 amide bonds. The van der Waals surface area contributed by atoms with Crippen molar-refractivity contribution in [3.8, 4) is 5.75 Å². The number of ether oxygens (including phenoxy) is 1. The number of aromatic nitrogens is 2. The molecule has 0 bridgehead atoms. The van der Waals surface area contributed by atoms with Gasteiger partial charge in [0.25, 0.3) is 0 Å². The molecule has 7 heteroatoms. The quantitative estimate of drug-likeness (QED) is 0.686. The molecule has 0 saturated heterocycles. The first-order valence-electron chi connectivity index (χ1n) is 6.50. The van der Waals surface area contributed by atoms with Crippen molar-refractivity contribution >= 4 is 40.0 Å². The second-order valence-corrected chi connectivity index (χ2v) is 4.99. The van der Waals surface area contributed by atoms with E-state index in [1.807, 2.05) is 6.07 Å². The third-order valence-electron chi connectivity index (χ3n) is 3.09. The molecule has 0 aliphatic heterocycles. The summed E-state index contributed by atoms with van der Waals surface area (Å²) in [6.45, 7) is 0. The fourth-order valence-electron chi connectivity index (χ4n) is 2.08. The van der Waals surface area contributed by atoms with E-state index in [4.69, 9.17) is 16.3 Å². The van der Waals surface area contributed by atoms with Gasteiger partial charge in [0.1, 0.15) is 5.75 Å². The van der Waals surface area contributed by atoms with Gasteiger partial charge in [-0.05, 0) is 36.4 Å². The van der Waals surface area contributed by atoms with Gasteiger partial charge in [0.2, 0.25) is 0 Å². The molecule has 0 spiro atoms. The topological polar surface area (TPSA) is 79.0 Å². The number of methoxy groups -OCH3 is 1. The number of halogens is 1. The number of carbonyl (C=O) groups is 1. The Morgan fingerprint density at radius 3 is 2.91 bits per heavy atom. The van der Waals surface area contributed by atoms with Crippen LogP contribution in [0.1, 0.15) is 0 Å². The van der Waals surface area contributed by atoms with Gasteiger partial charge in [0.05, 0.1) is 30.2 Å². The van der Waals surface area contributed by atoms with E-state index < -0.39 is 0 Å². The number of H-pyrrole nitrogens is 1. The van der Waals surface area contributed by atoms with Crippen LogP contribution in [0.25, 0.3) is 11.0 Å². The highest BCUT2D eigenvalue weighted by molar-refractivity contribution is 6.31. The first-order chi connectivity index (χ1) is 10.7. The SMILES string of the molecule is COc1ccc(Cl)cc1NC(=O)Nc1ccc2nc[nH]c2c1. The number of amides is 2. The standard InChI is InChI=1S/C15H13ClN4O2/c1-22-14-5-2-9(16)6-13(14)20-15(21)19-10-3-4-11-12(7-10)18-8-17-11/h2-8H,1H3,(H,17,18)(H2,19,20,21). The van der Waals surface area contributed by atoms with Crippen molar-refractivity contribution in [3.05, 3.63) is 47.7 Å². The molecule has 0 atom stereocenters. The number of rotatable bonds is 3. The average molecular weight is 317 g/mol. The summed E-state index contributed by atoms with van der Waals surface area (Å²) in [5, 5.41) is 5.96. The Balaban J connectivity index is 1.76. The van der Waals surface area contributed by atoms with E-state index in [0.717, 1.165) is 11.0 Å². The third-order valence-corrected chi connectivity index (χ3v) is 3.32. The Morgan fingerprint density at radius 2 is 2.09 bits per heavy atom. The molecule has 0 radical (unpaired) electrons. The van der Waals surface area contributed by atoms with Crippen molar-refractivity contribution in [3.63, 3.8) is 0 Å². The zero-order valence-electron chi connectivity index (χ0n) is 11.7. The number of hydrogen-bond acceptors (Lipinski definition) is 3. The molecule has 3 aromatic rings. The van der Waals surface area contributed by atoms with Crippen molar-refractivity contribution in [2.24, 2.45) is 0 Å². The molecule has 0 aliphatic carbocycles. The number of nitrogens with zero attached hydrogens (tertiary/aromatic N) is 1. The summed E-state index contributed by atoms with van der Waals surface area (Å²) in [7, 11) is 1.53. The number of nitrogens with one attached hydrogen (secondary N) is 3. The van der Waals surface area contributed by atoms with Crippen molar-refractivity contribution in [1.29, 1.82) is 0 Å². The van der Waals surface area contributed by atoms with Crippen molar-refractivity contribution in [1.82, 2.24) is 9.97 Å². The first-order valence-corrected chi connectivity index (χ1v) is 6.88. The third kappa shape index (κ3) is 2.96. The van der Waals surface area contributed by atoms with Gasteiger partial charge in [-0.25, -0.2) is 9.78 Å². The molecule has 0 unspecified atom stereocenters. The Bertz CT molecular complexity index is 831. The van der Waals surface area contributed by atoms with Gasteiger partial charge >= 0.3 is 6.03 Å². The number of hydrogen-bond donors (Lipinski definition) is 3. The van der Waals surface area contributed by atoms with Gasteiger partial charge in [0, 0.05) is 10.7 Å². The Morgan fingerprint density at radius 1 is 1.23 bits per heavy atom. The molecule has 112 valence electrons. The second kappa shape index (κ2) is 5.95. The number of imidazole rings is 1.